The van der Waals surface area contributed by atoms with E-state index in [9.17, 15) is 4.39 Å². The van der Waals surface area contributed by atoms with Crippen LogP contribution < -0.4 is 5.73 Å². The van der Waals surface area contributed by atoms with Crippen molar-refractivity contribution in [3.05, 3.63) is 64.4 Å². The molecule has 0 bridgehead atoms. The maximum Gasteiger partial charge on any atom is 0.127 e. The molecule has 0 unspecified atom stereocenters. The van der Waals surface area contributed by atoms with E-state index < -0.39 is 0 Å². The molecule has 0 saturated carbocycles. The minimum atomic E-state index is -0.291. The lowest BCUT2D eigenvalue weighted by atomic mass is 10.1. The van der Waals surface area contributed by atoms with E-state index >= 15 is 0 Å². The molecular weight excluding hydrogens is 333 g/mol. The zero-order valence-electron chi connectivity index (χ0n) is 11.3. The third-order valence-electron chi connectivity index (χ3n) is 3.24. The molecule has 21 heavy (non-hydrogen) atoms. The molecule has 3 nitrogen and oxygen atoms in total. The van der Waals surface area contributed by atoms with Crippen LogP contribution in [-0.2, 0) is 0 Å². The van der Waals surface area contributed by atoms with Crippen LogP contribution in [0.5, 0.6) is 0 Å². The second-order valence-electron chi connectivity index (χ2n) is 4.81. The number of nitrogen functional groups attached to an aromatic ring is 1. The number of nitrogens with zero attached hydrogens (tertiary/aromatic N) is 2. The van der Waals surface area contributed by atoms with Gasteiger partial charge < -0.3 is 5.73 Å². The molecule has 3 aromatic rings. The summed E-state index contributed by atoms with van der Waals surface area (Å²) in [6.07, 6.45) is 0. The zero-order valence-corrected chi connectivity index (χ0v) is 12.9. The fourth-order valence-corrected chi connectivity index (χ4v) is 2.71. The van der Waals surface area contributed by atoms with E-state index in [1.807, 2.05) is 31.2 Å². The SMILES string of the molecule is Cc1cc(Br)ccc1-n1nc(-c2cccc(F)c2)cc1N. The maximum atomic E-state index is 13.3. The molecule has 0 aliphatic heterocycles. The Hall–Kier alpha value is -2.14. The summed E-state index contributed by atoms with van der Waals surface area (Å²) in [5.74, 6) is 0.222. The van der Waals surface area contributed by atoms with Crippen LogP contribution in [0.15, 0.2) is 53.0 Å². The minimum absolute atomic E-state index is 0.291. The predicted octanol–water partition coefficient (Wildman–Crippen LogP) is 4.33. The molecule has 0 radical (unpaired) electrons. The summed E-state index contributed by atoms with van der Waals surface area (Å²) in [6.45, 7) is 1.99. The summed E-state index contributed by atoms with van der Waals surface area (Å²) in [6, 6.07) is 13.9. The Balaban J connectivity index is 2.10. The van der Waals surface area contributed by atoms with E-state index in [0.717, 1.165) is 15.7 Å². The second kappa shape index (κ2) is 5.33. The largest absolute Gasteiger partial charge is 0.384 e. The number of benzene rings is 2. The normalized spacial score (nSPS) is 10.8. The van der Waals surface area contributed by atoms with Crippen LogP contribution in [0.2, 0.25) is 0 Å². The number of aromatic nitrogens is 2. The number of hydrogen-bond donors (Lipinski definition) is 1. The first-order valence-corrected chi connectivity index (χ1v) is 7.22. The van der Waals surface area contributed by atoms with Gasteiger partial charge in [0.15, 0.2) is 0 Å². The van der Waals surface area contributed by atoms with E-state index in [-0.39, 0.29) is 5.82 Å². The number of halogens is 2. The van der Waals surface area contributed by atoms with E-state index in [4.69, 9.17) is 5.73 Å². The standard InChI is InChI=1S/C16H13BrFN3/c1-10-7-12(17)5-6-15(10)21-16(19)9-14(20-21)11-3-2-4-13(18)8-11/h2-9H,19H2,1H3. The highest BCUT2D eigenvalue weighted by molar-refractivity contribution is 9.10. The van der Waals surface area contributed by atoms with Gasteiger partial charge in [-0.1, -0.05) is 28.1 Å². The molecule has 0 aliphatic rings. The van der Waals surface area contributed by atoms with Crippen molar-refractivity contribution in [3.8, 4) is 16.9 Å². The molecule has 3 rings (SSSR count). The van der Waals surface area contributed by atoms with Crippen LogP contribution in [0.1, 0.15) is 5.56 Å². The molecule has 0 spiro atoms. The lowest BCUT2D eigenvalue weighted by molar-refractivity contribution is 0.628. The molecule has 0 aliphatic carbocycles. The Morgan fingerprint density at radius 1 is 1.14 bits per heavy atom. The van der Waals surface area contributed by atoms with Crippen LogP contribution in [0.25, 0.3) is 16.9 Å². The van der Waals surface area contributed by atoms with Crippen LogP contribution in [-0.4, -0.2) is 9.78 Å². The van der Waals surface area contributed by atoms with Crippen molar-refractivity contribution in [2.75, 3.05) is 5.73 Å². The van der Waals surface area contributed by atoms with Crippen LogP contribution in [0, 0.1) is 12.7 Å². The Morgan fingerprint density at radius 3 is 2.67 bits per heavy atom. The Bertz CT molecular complexity index is 811. The summed E-state index contributed by atoms with van der Waals surface area (Å²) < 4.78 is 16.0. The van der Waals surface area contributed by atoms with E-state index in [1.165, 1.54) is 12.1 Å². The first-order chi connectivity index (χ1) is 10.0. The van der Waals surface area contributed by atoms with Gasteiger partial charge in [-0.25, -0.2) is 9.07 Å². The number of hydrogen-bond acceptors (Lipinski definition) is 2. The molecule has 0 saturated heterocycles. The highest BCUT2D eigenvalue weighted by Crippen LogP contribution is 2.26. The monoisotopic (exact) mass is 345 g/mol. The highest BCUT2D eigenvalue weighted by Gasteiger charge is 2.11. The second-order valence-corrected chi connectivity index (χ2v) is 5.72. The van der Waals surface area contributed by atoms with Crippen LogP contribution >= 0.6 is 15.9 Å². The minimum Gasteiger partial charge on any atom is -0.384 e. The molecule has 2 N–H and O–H groups in total. The van der Waals surface area contributed by atoms with Gasteiger partial charge in [-0.15, -0.1) is 0 Å². The molecule has 2 aromatic carbocycles. The van der Waals surface area contributed by atoms with Gasteiger partial charge >= 0.3 is 0 Å². The van der Waals surface area contributed by atoms with Crippen LogP contribution in [0.3, 0.4) is 0 Å². The first-order valence-electron chi connectivity index (χ1n) is 6.42. The molecule has 0 amide bonds. The van der Waals surface area contributed by atoms with Gasteiger partial charge in [-0.3, -0.25) is 0 Å². The lowest BCUT2D eigenvalue weighted by Gasteiger charge is -2.08. The van der Waals surface area contributed by atoms with Gasteiger partial charge in [-0.2, -0.15) is 5.10 Å². The van der Waals surface area contributed by atoms with Gasteiger partial charge in [0.2, 0.25) is 0 Å². The Kier molecular flexibility index (Phi) is 3.51. The molecule has 1 heterocycles. The van der Waals surface area contributed by atoms with Gasteiger partial charge in [0.25, 0.3) is 0 Å². The van der Waals surface area contributed by atoms with Gasteiger partial charge in [0.05, 0.1) is 11.4 Å². The number of nitrogens with two attached hydrogens (primary N) is 1. The fourth-order valence-electron chi connectivity index (χ4n) is 2.23. The van der Waals surface area contributed by atoms with E-state index in [2.05, 4.69) is 21.0 Å². The van der Waals surface area contributed by atoms with Crippen molar-refractivity contribution in [3.63, 3.8) is 0 Å². The van der Waals surface area contributed by atoms with Crippen molar-refractivity contribution in [1.82, 2.24) is 9.78 Å². The average Bonchev–Trinajstić information content (AvgIpc) is 2.81. The molecule has 1 aromatic heterocycles. The highest BCUT2D eigenvalue weighted by atomic mass is 79.9. The maximum absolute atomic E-state index is 13.3. The molecular formula is C16H13BrFN3. The van der Waals surface area contributed by atoms with Gasteiger partial charge in [-0.05, 0) is 42.8 Å². The van der Waals surface area contributed by atoms with Crippen molar-refractivity contribution in [2.24, 2.45) is 0 Å². The summed E-state index contributed by atoms with van der Waals surface area (Å²) >= 11 is 3.43. The first kappa shape index (κ1) is 13.8. The summed E-state index contributed by atoms with van der Waals surface area (Å²) in [4.78, 5) is 0. The van der Waals surface area contributed by atoms with E-state index in [1.54, 1.807) is 16.8 Å². The summed E-state index contributed by atoms with van der Waals surface area (Å²) in [5, 5.41) is 4.49. The number of anilines is 1. The quantitative estimate of drug-likeness (QED) is 0.751. The number of rotatable bonds is 2. The van der Waals surface area contributed by atoms with Crippen LogP contribution in [0.4, 0.5) is 10.2 Å². The van der Waals surface area contributed by atoms with Crippen molar-refractivity contribution in [1.29, 1.82) is 0 Å². The third kappa shape index (κ3) is 2.69. The lowest BCUT2D eigenvalue weighted by Crippen LogP contribution is -2.03. The predicted molar refractivity (Wildman–Crippen MR) is 85.8 cm³/mol. The van der Waals surface area contributed by atoms with E-state index in [0.29, 0.717) is 17.1 Å². The zero-order chi connectivity index (χ0) is 15.0. The molecule has 0 fully saturated rings. The van der Waals surface area contributed by atoms with Crippen molar-refractivity contribution in [2.45, 2.75) is 6.92 Å². The number of aryl methyl sites for hydroxylation is 1. The molecule has 106 valence electrons. The third-order valence-corrected chi connectivity index (χ3v) is 3.74. The van der Waals surface area contributed by atoms with Crippen molar-refractivity contribution < 1.29 is 4.39 Å². The average molecular weight is 346 g/mol. The topological polar surface area (TPSA) is 43.8 Å². The van der Waals surface area contributed by atoms with Gasteiger partial charge in [0.1, 0.15) is 11.6 Å². The Morgan fingerprint density at radius 2 is 1.95 bits per heavy atom. The molecule has 5 heteroatoms. The summed E-state index contributed by atoms with van der Waals surface area (Å²) in [7, 11) is 0. The van der Waals surface area contributed by atoms with Gasteiger partial charge in [0, 0.05) is 16.1 Å². The van der Waals surface area contributed by atoms with Crippen molar-refractivity contribution >= 4 is 21.7 Å². The fraction of sp³-hybridized carbons (Fsp3) is 0.0625. The summed E-state index contributed by atoms with van der Waals surface area (Å²) in [5.41, 5.74) is 9.35. The Labute approximate surface area is 130 Å². The molecule has 0 atom stereocenters. The smallest absolute Gasteiger partial charge is 0.127 e.